The number of carbonyl (C=O) groups is 2. The van der Waals surface area contributed by atoms with Crippen LogP contribution in [0.15, 0.2) is 18.2 Å². The highest BCUT2D eigenvalue weighted by atomic mass is 16.5. The highest BCUT2D eigenvalue weighted by molar-refractivity contribution is 5.96. The molecule has 0 bridgehead atoms. The van der Waals surface area contributed by atoms with Gasteiger partial charge >= 0.3 is 5.97 Å². The Morgan fingerprint density at radius 3 is 2.75 bits per heavy atom. The number of carbonyl (C=O) groups excluding carboxylic acids is 2. The number of methoxy groups -OCH3 is 1. The maximum atomic E-state index is 11.8. The third-order valence-corrected chi connectivity index (χ3v) is 2.59. The summed E-state index contributed by atoms with van der Waals surface area (Å²) in [6.07, 6.45) is 0. The van der Waals surface area contributed by atoms with Crippen molar-refractivity contribution in [1.29, 1.82) is 0 Å². The maximum absolute atomic E-state index is 11.8. The van der Waals surface area contributed by atoms with Crippen LogP contribution in [0.5, 0.6) is 0 Å². The molecule has 0 heterocycles. The van der Waals surface area contributed by atoms with E-state index in [1.54, 1.807) is 32.2 Å². The summed E-state index contributed by atoms with van der Waals surface area (Å²) in [4.78, 5) is 23.4. The number of ether oxygens (including phenoxy) is 2. The van der Waals surface area contributed by atoms with Crippen LogP contribution in [0.4, 0.5) is 5.69 Å². The average Bonchev–Trinajstić information content (AvgIpc) is 2.39. The summed E-state index contributed by atoms with van der Waals surface area (Å²) in [6, 6.07) is 4.91. The number of anilines is 1. The third kappa shape index (κ3) is 4.89. The predicted molar refractivity (Wildman–Crippen MR) is 75.4 cm³/mol. The molecule has 1 aromatic carbocycles. The molecule has 0 radical (unpaired) electrons. The van der Waals surface area contributed by atoms with E-state index in [2.05, 4.69) is 5.32 Å². The summed E-state index contributed by atoms with van der Waals surface area (Å²) >= 11 is 0. The molecule has 0 aliphatic heterocycles. The Kier molecular flexibility index (Phi) is 5.99. The van der Waals surface area contributed by atoms with Crippen molar-refractivity contribution in [1.82, 2.24) is 5.32 Å². The molecule has 0 aliphatic rings. The number of hydrogen-bond donors (Lipinski definition) is 2. The summed E-state index contributed by atoms with van der Waals surface area (Å²) in [6.45, 7) is 3.68. The van der Waals surface area contributed by atoms with Gasteiger partial charge in [0.2, 0.25) is 0 Å². The minimum atomic E-state index is -0.610. The molecule has 0 aliphatic carbocycles. The fourth-order valence-electron chi connectivity index (χ4n) is 1.66. The molecule has 0 fully saturated rings. The molecule has 0 spiro atoms. The standard InChI is InChI=1S/C14H20N2O4/c1-9-4-5-12(15)11(6-9)14(18)20-8-13(17)16-10(2)7-19-3/h4-6,10H,7-8,15H2,1-3H3,(H,16,17). The zero-order valence-corrected chi connectivity index (χ0v) is 11.9. The lowest BCUT2D eigenvalue weighted by molar-refractivity contribution is -0.125. The van der Waals surface area contributed by atoms with Gasteiger partial charge < -0.3 is 20.5 Å². The van der Waals surface area contributed by atoms with Gasteiger partial charge in [0.25, 0.3) is 5.91 Å². The Morgan fingerprint density at radius 1 is 1.40 bits per heavy atom. The molecule has 1 amide bonds. The van der Waals surface area contributed by atoms with Gasteiger partial charge in [0, 0.05) is 18.8 Å². The number of nitrogen functional groups attached to an aromatic ring is 1. The number of nitrogens with two attached hydrogens (primary N) is 1. The molecule has 1 rings (SSSR count). The first-order chi connectivity index (χ1) is 9.43. The van der Waals surface area contributed by atoms with Gasteiger partial charge in [-0.25, -0.2) is 4.79 Å². The SMILES string of the molecule is COCC(C)NC(=O)COC(=O)c1cc(C)ccc1N. The smallest absolute Gasteiger partial charge is 0.340 e. The molecule has 6 nitrogen and oxygen atoms in total. The molecular weight excluding hydrogens is 260 g/mol. The molecule has 1 unspecified atom stereocenters. The van der Waals surface area contributed by atoms with Crippen LogP contribution >= 0.6 is 0 Å². The summed E-state index contributed by atoms with van der Waals surface area (Å²) < 4.78 is 9.82. The fraction of sp³-hybridized carbons (Fsp3) is 0.429. The molecule has 6 heteroatoms. The second kappa shape index (κ2) is 7.49. The van der Waals surface area contributed by atoms with E-state index in [0.29, 0.717) is 12.3 Å². The zero-order chi connectivity index (χ0) is 15.1. The summed E-state index contributed by atoms with van der Waals surface area (Å²) in [5, 5.41) is 2.64. The van der Waals surface area contributed by atoms with Crippen molar-refractivity contribution in [3.8, 4) is 0 Å². The van der Waals surface area contributed by atoms with Crippen molar-refractivity contribution in [3.63, 3.8) is 0 Å². The number of hydrogen-bond acceptors (Lipinski definition) is 5. The minimum absolute atomic E-state index is 0.143. The van der Waals surface area contributed by atoms with E-state index >= 15 is 0 Å². The monoisotopic (exact) mass is 280 g/mol. The van der Waals surface area contributed by atoms with Crippen molar-refractivity contribution in [3.05, 3.63) is 29.3 Å². The molecular formula is C14H20N2O4. The van der Waals surface area contributed by atoms with Crippen LogP contribution in [0.3, 0.4) is 0 Å². The second-order valence-electron chi connectivity index (χ2n) is 4.59. The van der Waals surface area contributed by atoms with Crippen molar-refractivity contribution in [2.75, 3.05) is 26.1 Å². The molecule has 0 saturated carbocycles. The predicted octanol–water partition coefficient (Wildman–Crippen LogP) is 0.885. The van der Waals surface area contributed by atoms with Crippen LogP contribution in [-0.2, 0) is 14.3 Å². The average molecular weight is 280 g/mol. The lowest BCUT2D eigenvalue weighted by atomic mass is 10.1. The minimum Gasteiger partial charge on any atom is -0.452 e. The first-order valence-corrected chi connectivity index (χ1v) is 6.25. The molecule has 1 aromatic rings. The Balaban J connectivity index is 2.51. The van der Waals surface area contributed by atoms with E-state index < -0.39 is 5.97 Å². The molecule has 0 aromatic heterocycles. The third-order valence-electron chi connectivity index (χ3n) is 2.59. The van der Waals surface area contributed by atoms with Gasteiger partial charge in [0.15, 0.2) is 6.61 Å². The number of aryl methyl sites for hydroxylation is 1. The van der Waals surface area contributed by atoms with Crippen LogP contribution < -0.4 is 11.1 Å². The van der Waals surface area contributed by atoms with Gasteiger partial charge in [-0.2, -0.15) is 0 Å². The van der Waals surface area contributed by atoms with Crippen molar-refractivity contribution >= 4 is 17.6 Å². The Hall–Kier alpha value is -2.08. The van der Waals surface area contributed by atoms with Gasteiger partial charge in [-0.3, -0.25) is 4.79 Å². The van der Waals surface area contributed by atoms with Crippen LogP contribution in [-0.4, -0.2) is 38.2 Å². The van der Waals surface area contributed by atoms with E-state index in [4.69, 9.17) is 15.2 Å². The van der Waals surface area contributed by atoms with Gasteiger partial charge in [-0.15, -0.1) is 0 Å². The summed E-state index contributed by atoms with van der Waals surface area (Å²) in [5.74, 6) is -0.991. The number of benzene rings is 1. The summed E-state index contributed by atoms with van der Waals surface area (Å²) in [5.41, 5.74) is 7.19. The lowest BCUT2D eigenvalue weighted by Crippen LogP contribution is -2.38. The lowest BCUT2D eigenvalue weighted by Gasteiger charge is -2.13. The van der Waals surface area contributed by atoms with E-state index in [1.807, 2.05) is 6.92 Å². The Bertz CT molecular complexity index is 488. The van der Waals surface area contributed by atoms with E-state index in [1.165, 1.54) is 0 Å². The van der Waals surface area contributed by atoms with Crippen LogP contribution in [0.2, 0.25) is 0 Å². The fourth-order valence-corrected chi connectivity index (χ4v) is 1.66. The van der Waals surface area contributed by atoms with E-state index in [9.17, 15) is 9.59 Å². The number of nitrogens with one attached hydrogen (secondary N) is 1. The van der Waals surface area contributed by atoms with E-state index in [0.717, 1.165) is 5.56 Å². The maximum Gasteiger partial charge on any atom is 0.340 e. The first kappa shape index (κ1) is 16.0. The van der Waals surface area contributed by atoms with Crippen molar-refractivity contribution in [2.24, 2.45) is 0 Å². The number of esters is 1. The van der Waals surface area contributed by atoms with Gasteiger partial charge in [0.05, 0.1) is 12.2 Å². The molecule has 0 saturated heterocycles. The van der Waals surface area contributed by atoms with Crippen LogP contribution in [0.1, 0.15) is 22.8 Å². The molecule has 20 heavy (non-hydrogen) atoms. The van der Waals surface area contributed by atoms with Crippen molar-refractivity contribution in [2.45, 2.75) is 19.9 Å². The molecule has 1 atom stereocenters. The topological polar surface area (TPSA) is 90.6 Å². The van der Waals surface area contributed by atoms with Gasteiger partial charge in [-0.05, 0) is 26.0 Å². The normalized spacial score (nSPS) is 11.8. The second-order valence-corrected chi connectivity index (χ2v) is 4.59. The van der Waals surface area contributed by atoms with Gasteiger partial charge in [0.1, 0.15) is 0 Å². The quantitative estimate of drug-likeness (QED) is 0.596. The highest BCUT2D eigenvalue weighted by Crippen LogP contribution is 2.14. The number of rotatable bonds is 6. The Morgan fingerprint density at radius 2 is 2.10 bits per heavy atom. The molecule has 110 valence electrons. The zero-order valence-electron chi connectivity index (χ0n) is 11.9. The van der Waals surface area contributed by atoms with Gasteiger partial charge in [-0.1, -0.05) is 11.6 Å². The van der Waals surface area contributed by atoms with Crippen LogP contribution in [0.25, 0.3) is 0 Å². The highest BCUT2D eigenvalue weighted by Gasteiger charge is 2.14. The van der Waals surface area contributed by atoms with Crippen LogP contribution in [0, 0.1) is 6.92 Å². The summed E-state index contributed by atoms with van der Waals surface area (Å²) in [7, 11) is 1.54. The Labute approximate surface area is 118 Å². The van der Waals surface area contributed by atoms with Crippen molar-refractivity contribution < 1.29 is 19.1 Å². The first-order valence-electron chi connectivity index (χ1n) is 6.25. The number of amides is 1. The largest absolute Gasteiger partial charge is 0.452 e. The van der Waals surface area contributed by atoms with E-state index in [-0.39, 0.29) is 24.1 Å². The molecule has 3 N–H and O–H groups in total.